The van der Waals surface area contributed by atoms with Gasteiger partial charge in [-0.15, -0.1) is 6.42 Å². The Labute approximate surface area is 73.0 Å². The molecular formula is C10H12N2. The highest BCUT2D eigenvalue weighted by Gasteiger charge is 2.06. The first-order chi connectivity index (χ1) is 5.79. The summed E-state index contributed by atoms with van der Waals surface area (Å²) in [5, 5.41) is 3.12. The smallest absolute Gasteiger partial charge is 0.117 e. The maximum absolute atomic E-state index is 5.30. The van der Waals surface area contributed by atoms with Crippen LogP contribution < -0.4 is 5.32 Å². The molecule has 2 heteroatoms. The van der Waals surface area contributed by atoms with E-state index in [9.17, 15) is 0 Å². The van der Waals surface area contributed by atoms with Gasteiger partial charge in [-0.3, -0.25) is 0 Å². The monoisotopic (exact) mass is 160 g/mol. The first-order valence-electron chi connectivity index (χ1n) is 3.88. The summed E-state index contributed by atoms with van der Waals surface area (Å²) in [6.45, 7) is 2.05. The summed E-state index contributed by atoms with van der Waals surface area (Å²) in [5.74, 6) is 2.56. The first kappa shape index (κ1) is 8.76. The molecule has 0 spiro atoms. The number of nitrogens with one attached hydrogen (secondary N) is 1. The molecule has 0 aliphatic carbocycles. The molecule has 1 aromatic heterocycles. The van der Waals surface area contributed by atoms with E-state index in [1.807, 2.05) is 19.2 Å². The molecule has 0 amide bonds. The zero-order chi connectivity index (χ0) is 8.97. The SMILES string of the molecule is C#Cc1ncccc1[C@@H](C)NC. The molecule has 0 unspecified atom stereocenters. The van der Waals surface area contributed by atoms with Gasteiger partial charge >= 0.3 is 0 Å². The van der Waals surface area contributed by atoms with Crippen LogP contribution in [0.1, 0.15) is 24.2 Å². The van der Waals surface area contributed by atoms with Gasteiger partial charge in [0.15, 0.2) is 0 Å². The molecule has 0 fully saturated rings. The van der Waals surface area contributed by atoms with Gasteiger partial charge in [0.1, 0.15) is 5.69 Å². The lowest BCUT2D eigenvalue weighted by Gasteiger charge is -2.11. The maximum Gasteiger partial charge on any atom is 0.117 e. The number of nitrogens with zero attached hydrogens (tertiary/aromatic N) is 1. The standard InChI is InChI=1S/C10H12N2/c1-4-10-9(8(2)11-3)6-5-7-12-10/h1,5-8,11H,2-3H3/t8-/m1/s1. The summed E-state index contributed by atoms with van der Waals surface area (Å²) in [6.07, 6.45) is 7.01. The molecule has 0 bridgehead atoms. The third kappa shape index (κ3) is 1.63. The van der Waals surface area contributed by atoms with Gasteiger partial charge in [-0.05, 0) is 26.0 Å². The normalized spacial score (nSPS) is 12.1. The van der Waals surface area contributed by atoms with Crippen molar-refractivity contribution in [2.45, 2.75) is 13.0 Å². The van der Waals surface area contributed by atoms with E-state index in [1.54, 1.807) is 6.20 Å². The largest absolute Gasteiger partial charge is 0.313 e. The third-order valence-corrected chi connectivity index (χ3v) is 1.88. The van der Waals surface area contributed by atoms with E-state index in [2.05, 4.69) is 23.1 Å². The van der Waals surface area contributed by atoms with Crippen LogP contribution in [-0.4, -0.2) is 12.0 Å². The molecule has 1 aromatic rings. The van der Waals surface area contributed by atoms with Crippen LogP contribution in [0, 0.1) is 12.3 Å². The Morgan fingerprint density at radius 1 is 1.67 bits per heavy atom. The lowest BCUT2D eigenvalue weighted by Crippen LogP contribution is -2.14. The van der Waals surface area contributed by atoms with Gasteiger partial charge in [0, 0.05) is 17.8 Å². The number of aromatic nitrogens is 1. The lowest BCUT2D eigenvalue weighted by molar-refractivity contribution is 0.648. The second-order valence-electron chi connectivity index (χ2n) is 2.60. The summed E-state index contributed by atoms with van der Waals surface area (Å²) in [5.41, 5.74) is 1.79. The molecule has 0 aliphatic heterocycles. The van der Waals surface area contributed by atoms with Gasteiger partial charge in [-0.25, -0.2) is 4.98 Å². The molecule has 1 N–H and O–H groups in total. The molecule has 1 rings (SSSR count). The topological polar surface area (TPSA) is 24.9 Å². The Morgan fingerprint density at radius 3 is 3.00 bits per heavy atom. The van der Waals surface area contributed by atoms with Crippen LogP contribution in [-0.2, 0) is 0 Å². The highest BCUT2D eigenvalue weighted by Crippen LogP contribution is 2.13. The fraction of sp³-hybridized carbons (Fsp3) is 0.300. The molecule has 0 aromatic carbocycles. The van der Waals surface area contributed by atoms with Gasteiger partial charge in [0.2, 0.25) is 0 Å². The molecule has 0 saturated heterocycles. The van der Waals surface area contributed by atoms with Crippen molar-refractivity contribution in [2.24, 2.45) is 0 Å². The van der Waals surface area contributed by atoms with Gasteiger partial charge in [0.05, 0.1) is 0 Å². The van der Waals surface area contributed by atoms with Crippen LogP contribution in [0.3, 0.4) is 0 Å². The molecule has 2 nitrogen and oxygen atoms in total. The van der Waals surface area contributed by atoms with Crippen molar-refractivity contribution in [3.8, 4) is 12.3 Å². The maximum atomic E-state index is 5.30. The minimum absolute atomic E-state index is 0.254. The molecule has 1 heterocycles. The lowest BCUT2D eigenvalue weighted by atomic mass is 10.1. The zero-order valence-corrected chi connectivity index (χ0v) is 7.33. The van der Waals surface area contributed by atoms with E-state index < -0.39 is 0 Å². The fourth-order valence-corrected chi connectivity index (χ4v) is 1.04. The van der Waals surface area contributed by atoms with Crippen LogP contribution in [0.25, 0.3) is 0 Å². The summed E-state index contributed by atoms with van der Waals surface area (Å²) >= 11 is 0. The second kappa shape index (κ2) is 3.89. The van der Waals surface area contributed by atoms with E-state index in [1.165, 1.54) is 0 Å². The minimum atomic E-state index is 0.254. The van der Waals surface area contributed by atoms with Crippen LogP contribution in [0.5, 0.6) is 0 Å². The summed E-state index contributed by atoms with van der Waals surface area (Å²) in [7, 11) is 1.90. The van der Waals surface area contributed by atoms with Crippen molar-refractivity contribution in [3.05, 3.63) is 29.6 Å². The first-order valence-corrected chi connectivity index (χ1v) is 3.88. The Kier molecular flexibility index (Phi) is 2.84. The number of rotatable bonds is 2. The van der Waals surface area contributed by atoms with Gasteiger partial charge in [0.25, 0.3) is 0 Å². The molecule has 0 aliphatic rings. The van der Waals surface area contributed by atoms with Gasteiger partial charge < -0.3 is 5.32 Å². The summed E-state index contributed by atoms with van der Waals surface area (Å²) in [6, 6.07) is 4.14. The Hall–Kier alpha value is -1.33. The molecule has 12 heavy (non-hydrogen) atoms. The fourth-order valence-electron chi connectivity index (χ4n) is 1.04. The predicted molar refractivity (Wildman–Crippen MR) is 49.6 cm³/mol. The predicted octanol–water partition coefficient (Wildman–Crippen LogP) is 1.34. The van der Waals surface area contributed by atoms with Crippen molar-refractivity contribution in [1.29, 1.82) is 0 Å². The number of hydrogen-bond donors (Lipinski definition) is 1. The van der Waals surface area contributed by atoms with E-state index in [0.29, 0.717) is 0 Å². The number of pyridine rings is 1. The molecule has 62 valence electrons. The van der Waals surface area contributed by atoms with Crippen LogP contribution in [0.15, 0.2) is 18.3 Å². The van der Waals surface area contributed by atoms with Crippen molar-refractivity contribution in [2.75, 3.05) is 7.05 Å². The van der Waals surface area contributed by atoms with Crippen molar-refractivity contribution in [3.63, 3.8) is 0 Å². The van der Waals surface area contributed by atoms with Gasteiger partial charge in [-0.2, -0.15) is 0 Å². The van der Waals surface area contributed by atoms with Crippen LogP contribution in [0.4, 0.5) is 0 Å². The van der Waals surface area contributed by atoms with Crippen LogP contribution >= 0.6 is 0 Å². The Balaban J connectivity index is 3.07. The average molecular weight is 160 g/mol. The second-order valence-corrected chi connectivity index (χ2v) is 2.60. The summed E-state index contributed by atoms with van der Waals surface area (Å²) < 4.78 is 0. The highest BCUT2D eigenvalue weighted by molar-refractivity contribution is 5.35. The van der Waals surface area contributed by atoms with Crippen LogP contribution in [0.2, 0.25) is 0 Å². The summed E-state index contributed by atoms with van der Waals surface area (Å²) in [4.78, 5) is 4.09. The molecule has 0 radical (unpaired) electrons. The number of hydrogen-bond acceptors (Lipinski definition) is 2. The van der Waals surface area contributed by atoms with E-state index in [0.717, 1.165) is 11.3 Å². The number of terminal acetylenes is 1. The highest BCUT2D eigenvalue weighted by atomic mass is 14.9. The van der Waals surface area contributed by atoms with E-state index >= 15 is 0 Å². The zero-order valence-electron chi connectivity index (χ0n) is 7.33. The van der Waals surface area contributed by atoms with Gasteiger partial charge in [-0.1, -0.05) is 6.07 Å². The Morgan fingerprint density at radius 2 is 2.42 bits per heavy atom. The quantitative estimate of drug-likeness (QED) is 0.660. The van der Waals surface area contributed by atoms with Crippen molar-refractivity contribution >= 4 is 0 Å². The van der Waals surface area contributed by atoms with Crippen molar-refractivity contribution in [1.82, 2.24) is 10.3 Å². The molecular weight excluding hydrogens is 148 g/mol. The Bertz CT molecular complexity index is 299. The van der Waals surface area contributed by atoms with E-state index in [4.69, 9.17) is 6.42 Å². The average Bonchev–Trinajstić information content (AvgIpc) is 2.16. The van der Waals surface area contributed by atoms with E-state index in [-0.39, 0.29) is 6.04 Å². The van der Waals surface area contributed by atoms with Crippen molar-refractivity contribution < 1.29 is 0 Å². The third-order valence-electron chi connectivity index (χ3n) is 1.88. The molecule has 0 saturated carbocycles. The minimum Gasteiger partial charge on any atom is -0.313 e. The molecule has 1 atom stereocenters.